The van der Waals surface area contributed by atoms with Gasteiger partial charge in [-0.1, -0.05) is 18.2 Å². The smallest absolute Gasteiger partial charge is 0.163 e. The number of nitrogens with one attached hydrogen (secondary N) is 1. The van der Waals surface area contributed by atoms with Gasteiger partial charge in [0.1, 0.15) is 18.2 Å². The van der Waals surface area contributed by atoms with Crippen LogP contribution >= 0.6 is 0 Å². The summed E-state index contributed by atoms with van der Waals surface area (Å²) in [7, 11) is 0. The first-order chi connectivity index (χ1) is 13.4. The van der Waals surface area contributed by atoms with Crippen molar-refractivity contribution in [3.8, 4) is 17.1 Å². The van der Waals surface area contributed by atoms with Crippen molar-refractivity contribution in [3.63, 3.8) is 0 Å². The number of nitrogens with zero attached hydrogens (tertiary/aromatic N) is 4. The minimum Gasteiger partial charge on any atom is -0.491 e. The number of para-hydroxylation sites is 1. The summed E-state index contributed by atoms with van der Waals surface area (Å²) in [5, 5.41) is 3.43. The Labute approximate surface area is 158 Å². The van der Waals surface area contributed by atoms with E-state index in [0.29, 0.717) is 6.61 Å². The molecule has 27 heavy (non-hydrogen) atoms. The Morgan fingerprint density at radius 2 is 2.04 bits per heavy atom. The summed E-state index contributed by atoms with van der Waals surface area (Å²) in [4.78, 5) is 16.4. The van der Waals surface area contributed by atoms with Crippen LogP contribution in [0.1, 0.15) is 16.8 Å². The minimum atomic E-state index is 0.649. The van der Waals surface area contributed by atoms with E-state index in [1.165, 1.54) is 11.1 Å². The van der Waals surface area contributed by atoms with E-state index in [1.54, 1.807) is 6.20 Å². The highest BCUT2D eigenvalue weighted by molar-refractivity contribution is 5.61. The van der Waals surface area contributed by atoms with Crippen molar-refractivity contribution in [2.24, 2.45) is 0 Å². The third-order valence-electron chi connectivity index (χ3n) is 5.09. The van der Waals surface area contributed by atoms with Crippen LogP contribution in [0.5, 0.6) is 5.75 Å². The van der Waals surface area contributed by atoms with E-state index in [2.05, 4.69) is 27.3 Å². The zero-order valence-corrected chi connectivity index (χ0v) is 15.1. The van der Waals surface area contributed by atoms with Crippen LogP contribution in [0.4, 0.5) is 5.82 Å². The third-order valence-corrected chi connectivity index (χ3v) is 5.09. The molecule has 0 fully saturated rings. The minimum absolute atomic E-state index is 0.649. The summed E-state index contributed by atoms with van der Waals surface area (Å²) in [6, 6.07) is 12.2. The number of hydrogen-bond acceptors (Lipinski definition) is 6. The molecule has 2 aromatic heterocycles. The molecule has 6 heteroatoms. The number of anilines is 1. The highest BCUT2D eigenvalue weighted by Gasteiger charge is 2.24. The van der Waals surface area contributed by atoms with E-state index in [4.69, 9.17) is 14.7 Å². The zero-order chi connectivity index (χ0) is 18.1. The maximum absolute atomic E-state index is 5.95. The van der Waals surface area contributed by atoms with Crippen molar-refractivity contribution in [1.29, 1.82) is 0 Å². The van der Waals surface area contributed by atoms with Gasteiger partial charge in [-0.05, 0) is 31.2 Å². The van der Waals surface area contributed by atoms with Crippen LogP contribution in [0, 0.1) is 0 Å². The SMILES string of the molecule is c1cncc(-c2nc3c(c(N4CCOc5ccccc5C4)n2)CCNC3)c1. The molecule has 3 aromatic rings. The summed E-state index contributed by atoms with van der Waals surface area (Å²) >= 11 is 0. The molecule has 1 N–H and O–H groups in total. The van der Waals surface area contributed by atoms with Crippen LogP contribution in [0.2, 0.25) is 0 Å². The molecular weight excluding hydrogens is 338 g/mol. The van der Waals surface area contributed by atoms with Crippen LogP contribution in [0.25, 0.3) is 11.4 Å². The van der Waals surface area contributed by atoms with Crippen LogP contribution < -0.4 is 15.0 Å². The molecule has 0 atom stereocenters. The Morgan fingerprint density at radius 1 is 1.07 bits per heavy atom. The first-order valence-corrected chi connectivity index (χ1v) is 9.35. The van der Waals surface area contributed by atoms with E-state index < -0.39 is 0 Å². The normalized spacial score (nSPS) is 16.1. The van der Waals surface area contributed by atoms with Crippen molar-refractivity contribution in [2.75, 3.05) is 24.6 Å². The van der Waals surface area contributed by atoms with Crippen LogP contribution in [0.15, 0.2) is 48.8 Å². The molecule has 1 aromatic carbocycles. The predicted molar refractivity (Wildman–Crippen MR) is 104 cm³/mol. The van der Waals surface area contributed by atoms with Gasteiger partial charge in [-0.15, -0.1) is 0 Å². The topological polar surface area (TPSA) is 63.2 Å². The number of aromatic nitrogens is 3. The Morgan fingerprint density at radius 3 is 2.96 bits per heavy atom. The first kappa shape index (κ1) is 16.2. The molecule has 0 spiro atoms. The molecule has 136 valence electrons. The predicted octanol–water partition coefficient (Wildman–Crippen LogP) is 2.58. The van der Waals surface area contributed by atoms with Gasteiger partial charge >= 0.3 is 0 Å². The molecule has 0 saturated heterocycles. The Hall–Kier alpha value is -2.99. The lowest BCUT2D eigenvalue weighted by Crippen LogP contribution is -2.32. The molecular formula is C21H21N5O. The summed E-state index contributed by atoms with van der Waals surface area (Å²) in [6.07, 6.45) is 4.53. The lowest BCUT2D eigenvalue weighted by molar-refractivity contribution is 0.331. The molecule has 2 aliphatic heterocycles. The van der Waals surface area contributed by atoms with Crippen LogP contribution in [-0.2, 0) is 19.5 Å². The summed E-state index contributed by atoms with van der Waals surface area (Å²) in [5.41, 5.74) is 4.47. The van der Waals surface area contributed by atoms with Crippen molar-refractivity contribution in [1.82, 2.24) is 20.3 Å². The molecule has 0 aliphatic carbocycles. The number of rotatable bonds is 2. The monoisotopic (exact) mass is 359 g/mol. The van der Waals surface area contributed by atoms with Gasteiger partial charge < -0.3 is 15.0 Å². The van der Waals surface area contributed by atoms with E-state index in [-0.39, 0.29) is 0 Å². The lowest BCUT2D eigenvalue weighted by Gasteiger charge is -2.27. The van der Waals surface area contributed by atoms with Gasteiger partial charge in [0.05, 0.1) is 12.2 Å². The van der Waals surface area contributed by atoms with Crippen molar-refractivity contribution >= 4 is 5.82 Å². The second kappa shape index (κ2) is 6.96. The fourth-order valence-electron chi connectivity index (χ4n) is 3.73. The molecule has 5 rings (SSSR count). The average Bonchev–Trinajstić information content (AvgIpc) is 2.96. The van der Waals surface area contributed by atoms with Crippen LogP contribution in [0.3, 0.4) is 0 Å². The molecule has 2 aliphatic rings. The molecule has 4 heterocycles. The highest BCUT2D eigenvalue weighted by Crippen LogP contribution is 2.31. The van der Waals surface area contributed by atoms with Gasteiger partial charge in [0.2, 0.25) is 0 Å². The molecule has 0 bridgehead atoms. The van der Waals surface area contributed by atoms with Gasteiger partial charge in [-0.3, -0.25) is 4.98 Å². The van der Waals surface area contributed by atoms with Crippen molar-refractivity contribution in [2.45, 2.75) is 19.5 Å². The van der Waals surface area contributed by atoms with Gasteiger partial charge in [0.15, 0.2) is 5.82 Å². The van der Waals surface area contributed by atoms with Gasteiger partial charge in [0, 0.05) is 42.2 Å². The number of pyridine rings is 1. The molecule has 6 nitrogen and oxygen atoms in total. The lowest BCUT2D eigenvalue weighted by atomic mass is 10.1. The quantitative estimate of drug-likeness (QED) is 0.759. The molecule has 0 unspecified atom stereocenters. The third kappa shape index (κ3) is 3.13. The van der Waals surface area contributed by atoms with E-state index in [9.17, 15) is 0 Å². The largest absolute Gasteiger partial charge is 0.491 e. The second-order valence-electron chi connectivity index (χ2n) is 6.84. The van der Waals surface area contributed by atoms with Crippen molar-refractivity contribution in [3.05, 3.63) is 65.6 Å². The summed E-state index contributed by atoms with van der Waals surface area (Å²) in [5.74, 6) is 2.73. The number of hydrogen-bond donors (Lipinski definition) is 1. The fraction of sp³-hybridized carbons (Fsp3) is 0.286. The van der Waals surface area contributed by atoms with E-state index in [0.717, 1.165) is 61.2 Å². The first-order valence-electron chi connectivity index (χ1n) is 9.35. The van der Waals surface area contributed by atoms with E-state index in [1.807, 2.05) is 30.5 Å². The highest BCUT2D eigenvalue weighted by atomic mass is 16.5. The van der Waals surface area contributed by atoms with Crippen LogP contribution in [-0.4, -0.2) is 34.6 Å². The number of fused-ring (bicyclic) bond motifs is 2. The fourth-order valence-corrected chi connectivity index (χ4v) is 3.73. The maximum atomic E-state index is 5.95. The zero-order valence-electron chi connectivity index (χ0n) is 15.1. The molecule has 0 saturated carbocycles. The molecule has 0 radical (unpaired) electrons. The Balaban J connectivity index is 1.60. The Bertz CT molecular complexity index is 960. The molecule has 0 amide bonds. The van der Waals surface area contributed by atoms with Gasteiger partial charge in [-0.25, -0.2) is 9.97 Å². The summed E-state index contributed by atoms with van der Waals surface area (Å²) in [6.45, 7) is 3.98. The second-order valence-corrected chi connectivity index (χ2v) is 6.84. The maximum Gasteiger partial charge on any atom is 0.163 e. The van der Waals surface area contributed by atoms with Crippen molar-refractivity contribution < 1.29 is 4.74 Å². The summed E-state index contributed by atoms with van der Waals surface area (Å²) < 4.78 is 5.95. The number of ether oxygens (including phenoxy) is 1. The number of benzene rings is 1. The van der Waals surface area contributed by atoms with Gasteiger partial charge in [0.25, 0.3) is 0 Å². The standard InChI is InChI=1S/C21H21N5O/c1-2-6-19-16(4-1)14-26(10-11-27-19)21-17-7-9-23-13-18(17)24-20(25-21)15-5-3-8-22-12-15/h1-6,8,12,23H,7,9-11,13-14H2. The van der Waals surface area contributed by atoms with E-state index >= 15 is 0 Å². The van der Waals surface area contributed by atoms with Gasteiger partial charge in [-0.2, -0.15) is 0 Å². The Kier molecular flexibility index (Phi) is 4.18. The average molecular weight is 359 g/mol.